The lowest BCUT2D eigenvalue weighted by molar-refractivity contribution is 0.0492. The zero-order valence-corrected chi connectivity index (χ0v) is 23.0. The summed E-state index contributed by atoms with van der Waals surface area (Å²) in [6, 6.07) is 2.38. The molecular formula is C24H43N3O7S. The smallest absolute Gasteiger partial charge is 0.407 e. The molecule has 2 amide bonds. The van der Waals surface area contributed by atoms with Gasteiger partial charge in [-0.1, -0.05) is 0 Å². The van der Waals surface area contributed by atoms with Gasteiger partial charge in [-0.15, -0.1) is 0 Å². The molecule has 0 spiro atoms. The van der Waals surface area contributed by atoms with Crippen molar-refractivity contribution in [2.45, 2.75) is 110 Å². The molecule has 2 aliphatic carbocycles. The highest BCUT2D eigenvalue weighted by atomic mass is 32.2. The fourth-order valence-corrected chi connectivity index (χ4v) is 4.49. The van der Waals surface area contributed by atoms with Crippen LogP contribution in [0, 0.1) is 23.2 Å². The van der Waals surface area contributed by atoms with Crippen LogP contribution in [0.5, 0.6) is 0 Å². The summed E-state index contributed by atoms with van der Waals surface area (Å²) >= 11 is 0. The van der Waals surface area contributed by atoms with Crippen LogP contribution in [0.4, 0.5) is 9.59 Å². The van der Waals surface area contributed by atoms with E-state index in [0.29, 0.717) is 12.3 Å². The van der Waals surface area contributed by atoms with E-state index in [1.54, 1.807) is 0 Å². The molecule has 10 nitrogen and oxygen atoms in total. The molecule has 0 bridgehead atoms. The number of hydrogen-bond donors (Lipinski definition) is 2. The maximum Gasteiger partial charge on any atom is 0.407 e. The standard InChI is InChI=1S/C12H20N2O2.C12H23NO5S/c1-12(2,3)16-11(15)14-10-5-4-9(8-10)6-7-13;1-12(2,3)18-11(14)13-10-6-5-9(7-10)8-17-19(4,15)16/h9-10H,4-6,8H2,1-3H3,(H,14,15);9-10H,5-8H2,1-4H3,(H,13,14)/t9-,10-;9-,10+/m01/s1. The number of carbonyl (C=O) groups excluding carboxylic acids is 2. The number of carbonyl (C=O) groups is 2. The number of nitrogens with zero attached hydrogens (tertiary/aromatic N) is 1. The summed E-state index contributed by atoms with van der Waals surface area (Å²) in [6.07, 6.45) is 6.09. The van der Waals surface area contributed by atoms with Gasteiger partial charge in [0, 0.05) is 18.5 Å². The summed E-state index contributed by atoms with van der Waals surface area (Å²) in [5.74, 6) is 0.597. The van der Waals surface area contributed by atoms with Crippen molar-refractivity contribution in [3.8, 4) is 6.07 Å². The summed E-state index contributed by atoms with van der Waals surface area (Å²) in [6.45, 7) is 11.2. The Balaban J connectivity index is 0.000000355. The molecule has 0 heterocycles. The highest BCUT2D eigenvalue weighted by Gasteiger charge is 2.29. The summed E-state index contributed by atoms with van der Waals surface area (Å²) < 4.78 is 36.9. The van der Waals surface area contributed by atoms with Gasteiger partial charge in [0.15, 0.2) is 0 Å². The van der Waals surface area contributed by atoms with Crippen molar-refractivity contribution in [3.63, 3.8) is 0 Å². The molecule has 0 aliphatic heterocycles. The van der Waals surface area contributed by atoms with Crippen LogP contribution in [0.15, 0.2) is 0 Å². The Hall–Kier alpha value is -2.06. The first-order valence-corrected chi connectivity index (χ1v) is 14.0. The molecule has 0 saturated heterocycles. The van der Waals surface area contributed by atoms with Crippen LogP contribution in [0.25, 0.3) is 0 Å². The minimum absolute atomic E-state index is 0.0306. The number of nitriles is 1. The SMILES string of the molecule is CC(C)(C)OC(=O)N[C@H]1CC[C@@H](CC#N)C1.CC(C)(C)OC(=O)N[C@H]1CC[C@@H](COS(C)(=O)=O)C1. The first kappa shape index (κ1) is 31.0. The average Bonchev–Trinajstić information content (AvgIpc) is 3.26. The van der Waals surface area contributed by atoms with Crippen molar-refractivity contribution in [2.75, 3.05) is 12.9 Å². The van der Waals surface area contributed by atoms with Gasteiger partial charge in [-0.3, -0.25) is 4.18 Å². The Morgan fingerprint density at radius 1 is 0.857 bits per heavy atom. The Bertz CT molecular complexity index is 841. The number of rotatable bonds is 6. The van der Waals surface area contributed by atoms with Crippen molar-refractivity contribution in [1.82, 2.24) is 10.6 Å². The van der Waals surface area contributed by atoms with Gasteiger partial charge >= 0.3 is 12.2 Å². The Labute approximate surface area is 210 Å². The van der Waals surface area contributed by atoms with E-state index in [4.69, 9.17) is 18.9 Å². The van der Waals surface area contributed by atoms with Gasteiger partial charge in [0.2, 0.25) is 0 Å². The number of amides is 2. The van der Waals surface area contributed by atoms with Crippen molar-refractivity contribution >= 4 is 22.3 Å². The number of alkyl carbamates (subject to hydrolysis) is 2. The van der Waals surface area contributed by atoms with E-state index < -0.39 is 27.4 Å². The maximum absolute atomic E-state index is 11.6. The van der Waals surface area contributed by atoms with Crippen LogP contribution in [-0.4, -0.2) is 56.8 Å². The maximum atomic E-state index is 11.6. The largest absolute Gasteiger partial charge is 0.444 e. The van der Waals surface area contributed by atoms with Gasteiger partial charge in [0.25, 0.3) is 10.1 Å². The van der Waals surface area contributed by atoms with Crippen LogP contribution < -0.4 is 10.6 Å². The lowest BCUT2D eigenvalue weighted by Gasteiger charge is -2.21. The molecule has 2 rings (SSSR count). The number of hydrogen-bond acceptors (Lipinski definition) is 8. The van der Waals surface area contributed by atoms with Gasteiger partial charge in [-0.2, -0.15) is 13.7 Å². The van der Waals surface area contributed by atoms with Gasteiger partial charge in [0.05, 0.1) is 18.9 Å². The molecule has 2 saturated carbocycles. The molecular weight excluding hydrogens is 474 g/mol. The minimum atomic E-state index is -3.39. The molecule has 0 unspecified atom stereocenters. The van der Waals surface area contributed by atoms with Crippen LogP contribution in [0.3, 0.4) is 0 Å². The molecule has 0 radical (unpaired) electrons. The van der Waals surface area contributed by atoms with Gasteiger partial charge in [-0.25, -0.2) is 9.59 Å². The van der Waals surface area contributed by atoms with Crippen LogP contribution in [-0.2, 0) is 23.8 Å². The van der Waals surface area contributed by atoms with Crippen LogP contribution in [0.1, 0.15) is 86.5 Å². The summed E-state index contributed by atoms with van der Waals surface area (Å²) in [5, 5.41) is 14.2. The van der Waals surface area contributed by atoms with Crippen LogP contribution >= 0.6 is 0 Å². The number of ether oxygens (including phenoxy) is 2. The highest BCUT2D eigenvalue weighted by molar-refractivity contribution is 7.85. The predicted octanol–water partition coefficient (Wildman–Crippen LogP) is 4.25. The lowest BCUT2D eigenvalue weighted by atomic mass is 10.1. The zero-order valence-electron chi connectivity index (χ0n) is 22.2. The van der Waals surface area contributed by atoms with Gasteiger partial charge in [0.1, 0.15) is 11.2 Å². The summed E-state index contributed by atoms with van der Waals surface area (Å²) in [5.41, 5.74) is -0.962. The fraction of sp³-hybridized carbons (Fsp3) is 0.875. The zero-order chi connectivity index (χ0) is 26.9. The van der Waals surface area contributed by atoms with Gasteiger partial charge < -0.3 is 20.1 Å². The minimum Gasteiger partial charge on any atom is -0.444 e. The second kappa shape index (κ2) is 13.3. The van der Waals surface area contributed by atoms with Crippen molar-refractivity contribution in [3.05, 3.63) is 0 Å². The van der Waals surface area contributed by atoms with Gasteiger partial charge in [-0.05, 0) is 91.9 Å². The molecule has 2 aliphatic rings. The molecule has 0 aromatic rings. The Kier molecular flexibility index (Phi) is 11.8. The van der Waals surface area contributed by atoms with E-state index in [1.807, 2.05) is 41.5 Å². The summed E-state index contributed by atoms with van der Waals surface area (Å²) in [7, 11) is -3.39. The molecule has 202 valence electrons. The predicted molar refractivity (Wildman–Crippen MR) is 132 cm³/mol. The normalized spacial score (nSPS) is 24.5. The van der Waals surface area contributed by atoms with E-state index >= 15 is 0 Å². The van der Waals surface area contributed by atoms with Crippen molar-refractivity contribution < 1.29 is 31.7 Å². The van der Waals surface area contributed by atoms with E-state index in [2.05, 4.69) is 16.7 Å². The molecule has 0 aromatic heterocycles. The second-order valence-corrected chi connectivity index (χ2v) is 13.0. The fourth-order valence-electron chi connectivity index (χ4n) is 4.05. The lowest BCUT2D eigenvalue weighted by Crippen LogP contribution is -2.38. The Morgan fingerprint density at radius 3 is 1.69 bits per heavy atom. The topological polar surface area (TPSA) is 144 Å². The van der Waals surface area contributed by atoms with Crippen molar-refractivity contribution in [1.29, 1.82) is 5.26 Å². The third-order valence-corrected chi connectivity index (χ3v) is 5.99. The van der Waals surface area contributed by atoms with E-state index in [9.17, 15) is 18.0 Å². The molecule has 4 atom stereocenters. The van der Waals surface area contributed by atoms with Crippen molar-refractivity contribution in [2.24, 2.45) is 11.8 Å². The average molecular weight is 518 g/mol. The van der Waals surface area contributed by atoms with E-state index in [0.717, 1.165) is 44.8 Å². The quantitative estimate of drug-likeness (QED) is 0.498. The molecule has 11 heteroatoms. The molecule has 35 heavy (non-hydrogen) atoms. The monoisotopic (exact) mass is 517 g/mol. The third kappa shape index (κ3) is 15.5. The van der Waals surface area contributed by atoms with E-state index in [-0.39, 0.29) is 30.7 Å². The Morgan fingerprint density at radius 2 is 1.29 bits per heavy atom. The highest BCUT2D eigenvalue weighted by Crippen LogP contribution is 2.28. The van der Waals surface area contributed by atoms with E-state index in [1.165, 1.54) is 0 Å². The van der Waals surface area contributed by atoms with Crippen LogP contribution in [0.2, 0.25) is 0 Å². The molecule has 0 aromatic carbocycles. The first-order valence-electron chi connectivity index (χ1n) is 12.2. The molecule has 2 fully saturated rings. The molecule has 2 N–H and O–H groups in total. The summed E-state index contributed by atoms with van der Waals surface area (Å²) in [4.78, 5) is 23.1. The third-order valence-electron chi connectivity index (χ3n) is 5.42. The first-order chi connectivity index (χ1) is 16.0. The second-order valence-electron chi connectivity index (χ2n) is 11.4. The number of nitrogens with one attached hydrogen (secondary N) is 2.